The van der Waals surface area contributed by atoms with E-state index in [0.29, 0.717) is 15.3 Å². The molecule has 33 heavy (non-hydrogen) atoms. The van der Waals surface area contributed by atoms with E-state index in [4.69, 9.17) is 5.10 Å². The second-order valence-electron chi connectivity index (χ2n) is 7.61. The van der Waals surface area contributed by atoms with Crippen LogP contribution in [-0.4, -0.2) is 24.4 Å². The number of fused-ring (bicyclic) bond motifs is 1. The Morgan fingerprint density at radius 3 is 2.61 bits per heavy atom. The van der Waals surface area contributed by atoms with Crippen molar-refractivity contribution in [2.24, 2.45) is 0 Å². The maximum Gasteiger partial charge on any atom is 0.291 e. The van der Waals surface area contributed by atoms with E-state index in [1.165, 1.54) is 15.9 Å². The van der Waals surface area contributed by atoms with Gasteiger partial charge in [0.25, 0.3) is 5.56 Å². The van der Waals surface area contributed by atoms with Gasteiger partial charge in [0.1, 0.15) is 5.69 Å². The smallest absolute Gasteiger partial charge is 0.266 e. The number of aryl methyl sites for hydroxylation is 1. The fourth-order valence-electron chi connectivity index (χ4n) is 3.69. The lowest BCUT2D eigenvalue weighted by Gasteiger charge is -1.99. The van der Waals surface area contributed by atoms with Crippen LogP contribution in [0.4, 0.5) is 0 Å². The van der Waals surface area contributed by atoms with Gasteiger partial charge in [0, 0.05) is 17.3 Å². The monoisotopic (exact) mass is 467 g/mol. The van der Waals surface area contributed by atoms with E-state index in [1.807, 2.05) is 96.0 Å². The molecule has 0 aliphatic rings. The highest BCUT2D eigenvalue weighted by molar-refractivity contribution is 7.15. The maximum atomic E-state index is 13.1. The van der Waals surface area contributed by atoms with E-state index in [9.17, 15) is 4.79 Å². The Morgan fingerprint density at radius 1 is 0.970 bits per heavy atom. The van der Waals surface area contributed by atoms with Crippen LogP contribution in [0.15, 0.2) is 83.1 Å². The molecular weight excluding hydrogens is 450 g/mol. The molecule has 0 N–H and O–H groups in total. The van der Waals surface area contributed by atoms with Gasteiger partial charge in [-0.1, -0.05) is 59.4 Å². The summed E-state index contributed by atoms with van der Waals surface area (Å²) in [6.45, 7) is 2.02. The zero-order valence-corrected chi connectivity index (χ0v) is 19.2. The van der Waals surface area contributed by atoms with Crippen molar-refractivity contribution in [3.8, 4) is 27.6 Å². The highest BCUT2D eigenvalue weighted by Gasteiger charge is 2.15. The van der Waals surface area contributed by atoms with E-state index in [0.717, 1.165) is 32.9 Å². The minimum atomic E-state index is -0.175. The minimum absolute atomic E-state index is 0.175. The third-order valence-electron chi connectivity index (χ3n) is 5.26. The molecule has 6 nitrogen and oxygen atoms in total. The van der Waals surface area contributed by atoms with Gasteiger partial charge in [-0.2, -0.15) is 14.6 Å². The van der Waals surface area contributed by atoms with E-state index >= 15 is 0 Å². The van der Waals surface area contributed by atoms with Crippen molar-refractivity contribution in [1.29, 1.82) is 0 Å². The van der Waals surface area contributed by atoms with Gasteiger partial charge in [-0.3, -0.25) is 4.79 Å². The second-order valence-corrected chi connectivity index (χ2v) is 9.56. The fraction of sp³-hybridized carbons (Fsp3) is 0.0400. The summed E-state index contributed by atoms with van der Waals surface area (Å²) in [7, 11) is 0. The first-order valence-electron chi connectivity index (χ1n) is 10.3. The molecular formula is C25H17N5OS2. The topological polar surface area (TPSA) is 65.1 Å². The van der Waals surface area contributed by atoms with Crippen molar-refractivity contribution in [3.63, 3.8) is 0 Å². The molecule has 160 valence electrons. The molecule has 6 rings (SSSR count). The van der Waals surface area contributed by atoms with E-state index in [1.54, 1.807) is 11.3 Å². The van der Waals surface area contributed by atoms with Crippen LogP contribution >= 0.6 is 22.7 Å². The summed E-state index contributed by atoms with van der Waals surface area (Å²) in [6.07, 6.45) is 3.84. The first-order chi connectivity index (χ1) is 16.2. The minimum Gasteiger partial charge on any atom is -0.266 e. The van der Waals surface area contributed by atoms with Gasteiger partial charge in [0.05, 0.1) is 15.1 Å². The number of para-hydroxylation sites is 1. The van der Waals surface area contributed by atoms with Crippen LogP contribution in [0.3, 0.4) is 0 Å². The van der Waals surface area contributed by atoms with Crippen molar-refractivity contribution < 1.29 is 0 Å². The average Bonchev–Trinajstić information content (AvgIpc) is 3.61. The Hall–Kier alpha value is -3.88. The predicted molar refractivity (Wildman–Crippen MR) is 133 cm³/mol. The molecule has 0 amide bonds. The standard InChI is InChI=1S/C25H17N5OS2/c1-16-7-5-8-17(13-16)23-26-25-30(28-23)24(31)21(33-25)14-18-15-29(19-9-3-2-4-10-19)27-22(18)20-11-6-12-32-20/h2-15H,1H3. The summed E-state index contributed by atoms with van der Waals surface area (Å²) in [6, 6.07) is 21.9. The first kappa shape index (κ1) is 19.8. The molecule has 8 heteroatoms. The molecule has 0 saturated carbocycles. The second kappa shape index (κ2) is 7.91. The molecule has 0 atom stereocenters. The van der Waals surface area contributed by atoms with Gasteiger partial charge in [-0.25, -0.2) is 4.68 Å². The van der Waals surface area contributed by atoms with Crippen LogP contribution < -0.4 is 10.1 Å². The third-order valence-corrected chi connectivity index (χ3v) is 7.10. The Labute approximate surface area is 196 Å². The molecule has 0 saturated heterocycles. The van der Waals surface area contributed by atoms with Crippen molar-refractivity contribution in [1.82, 2.24) is 24.4 Å². The van der Waals surface area contributed by atoms with Crippen LogP contribution in [0.1, 0.15) is 11.1 Å². The van der Waals surface area contributed by atoms with Crippen LogP contribution in [-0.2, 0) is 0 Å². The van der Waals surface area contributed by atoms with Gasteiger partial charge >= 0.3 is 0 Å². The average molecular weight is 468 g/mol. The third kappa shape index (κ3) is 3.59. The number of hydrogen-bond acceptors (Lipinski definition) is 6. The molecule has 0 fully saturated rings. The van der Waals surface area contributed by atoms with E-state index < -0.39 is 0 Å². The highest BCUT2D eigenvalue weighted by Crippen LogP contribution is 2.28. The molecule has 2 aromatic carbocycles. The fourth-order valence-corrected chi connectivity index (χ4v) is 5.32. The van der Waals surface area contributed by atoms with Gasteiger partial charge in [-0.05, 0) is 42.6 Å². The molecule has 6 aromatic rings. The quantitative estimate of drug-likeness (QED) is 0.380. The predicted octanol–water partition coefficient (Wildman–Crippen LogP) is 4.59. The van der Waals surface area contributed by atoms with Gasteiger partial charge in [0.15, 0.2) is 5.82 Å². The van der Waals surface area contributed by atoms with Crippen LogP contribution in [0.2, 0.25) is 0 Å². The number of hydrogen-bond donors (Lipinski definition) is 0. The number of thiazole rings is 1. The van der Waals surface area contributed by atoms with Crippen LogP contribution in [0.5, 0.6) is 0 Å². The summed E-state index contributed by atoms with van der Waals surface area (Å²) in [5.41, 5.74) is 4.53. The number of nitrogens with zero attached hydrogens (tertiary/aromatic N) is 5. The molecule has 0 aliphatic heterocycles. The molecule has 0 radical (unpaired) electrons. The number of benzene rings is 2. The van der Waals surface area contributed by atoms with Crippen LogP contribution in [0.25, 0.3) is 38.7 Å². The summed E-state index contributed by atoms with van der Waals surface area (Å²) < 4.78 is 3.81. The van der Waals surface area contributed by atoms with Gasteiger partial charge < -0.3 is 0 Å². The highest BCUT2D eigenvalue weighted by atomic mass is 32.1. The van der Waals surface area contributed by atoms with Crippen molar-refractivity contribution in [2.45, 2.75) is 6.92 Å². The molecule has 0 spiro atoms. The Bertz CT molecular complexity index is 1700. The lowest BCUT2D eigenvalue weighted by atomic mass is 10.1. The Morgan fingerprint density at radius 2 is 1.85 bits per heavy atom. The van der Waals surface area contributed by atoms with Gasteiger partial charge in [0.2, 0.25) is 4.96 Å². The summed E-state index contributed by atoms with van der Waals surface area (Å²) in [5.74, 6) is 0.560. The van der Waals surface area contributed by atoms with Crippen molar-refractivity contribution in [2.75, 3.05) is 0 Å². The Balaban J connectivity index is 1.48. The maximum absolute atomic E-state index is 13.1. The van der Waals surface area contributed by atoms with Crippen molar-refractivity contribution >= 4 is 33.7 Å². The number of thiophene rings is 1. The summed E-state index contributed by atoms with van der Waals surface area (Å²) in [5, 5.41) is 11.3. The largest absolute Gasteiger partial charge is 0.291 e. The lowest BCUT2D eigenvalue weighted by molar-refractivity contribution is 0.885. The van der Waals surface area contributed by atoms with Crippen molar-refractivity contribution in [3.05, 3.63) is 104 Å². The summed E-state index contributed by atoms with van der Waals surface area (Å²) in [4.78, 5) is 19.4. The number of rotatable bonds is 4. The zero-order valence-electron chi connectivity index (χ0n) is 17.5. The van der Waals surface area contributed by atoms with Gasteiger partial charge in [-0.15, -0.1) is 16.4 Å². The molecule has 4 heterocycles. The van der Waals surface area contributed by atoms with E-state index in [2.05, 4.69) is 10.1 Å². The molecule has 4 aromatic heterocycles. The Kier molecular flexibility index (Phi) is 4.74. The molecule has 0 aliphatic carbocycles. The van der Waals surface area contributed by atoms with E-state index in [-0.39, 0.29) is 5.56 Å². The molecule has 0 unspecified atom stereocenters. The van der Waals surface area contributed by atoms with Crippen LogP contribution in [0, 0.1) is 6.92 Å². The summed E-state index contributed by atoms with van der Waals surface area (Å²) >= 11 is 2.96. The SMILES string of the molecule is Cc1cccc(-c2nc3sc(=Cc4cn(-c5ccccc5)nc4-c4cccs4)c(=O)n3n2)c1. The lowest BCUT2D eigenvalue weighted by Crippen LogP contribution is -2.23. The number of aromatic nitrogens is 5. The first-order valence-corrected chi connectivity index (χ1v) is 12.0. The normalized spacial score (nSPS) is 12.1. The molecule has 0 bridgehead atoms. The zero-order chi connectivity index (χ0) is 22.4.